The molecular formula is C6H12O4. The van der Waals surface area contributed by atoms with E-state index in [-0.39, 0.29) is 0 Å². The summed E-state index contributed by atoms with van der Waals surface area (Å²) in [7, 11) is 0. The molecule has 0 spiro atoms. The Morgan fingerprint density at radius 3 is 1.20 bits per heavy atom. The van der Waals surface area contributed by atoms with E-state index in [4.69, 9.17) is 0 Å². The van der Waals surface area contributed by atoms with E-state index < -0.39 is 11.9 Å². The van der Waals surface area contributed by atoms with Crippen LogP contribution in [0.3, 0.4) is 0 Å². The average molecular weight is 148 g/mol. The van der Waals surface area contributed by atoms with Gasteiger partial charge in [-0.15, -0.1) is 0 Å². The maximum atomic E-state index is 9.85. The molecule has 0 saturated carbocycles. The number of carbonyl (C=O) groups is 2. The van der Waals surface area contributed by atoms with Crippen LogP contribution in [0.5, 0.6) is 0 Å². The van der Waals surface area contributed by atoms with Gasteiger partial charge in [-0.25, -0.2) is 19.4 Å². The van der Waals surface area contributed by atoms with Crippen molar-refractivity contribution < 1.29 is 19.4 Å². The molecule has 60 valence electrons. The van der Waals surface area contributed by atoms with Crippen molar-refractivity contribution >= 4 is 11.9 Å². The second-order valence-electron chi connectivity index (χ2n) is 1.15. The van der Waals surface area contributed by atoms with Gasteiger partial charge in [0.15, 0.2) is 0 Å². The molecule has 10 heavy (non-hydrogen) atoms. The Labute approximate surface area is 60.0 Å². The van der Waals surface area contributed by atoms with Crippen LogP contribution >= 0.6 is 0 Å². The molecule has 0 atom stereocenters. The van der Waals surface area contributed by atoms with E-state index in [9.17, 15) is 9.59 Å². The first-order valence-electron chi connectivity index (χ1n) is 2.98. The van der Waals surface area contributed by atoms with Gasteiger partial charge < -0.3 is 0 Å². The van der Waals surface area contributed by atoms with Crippen LogP contribution in [0.4, 0.5) is 0 Å². The number of carbonyl (C=O) groups excluding carboxylic acids is 2. The molecule has 0 aliphatic heterocycles. The molecule has 0 aliphatic rings. The molecule has 0 heterocycles. The van der Waals surface area contributed by atoms with E-state index in [0.717, 1.165) is 13.8 Å². The topological polar surface area (TPSA) is 52.6 Å². The predicted octanol–water partition coefficient (Wildman–Crippen LogP) is 1.05. The number of hydrogen-bond acceptors (Lipinski definition) is 4. The maximum absolute atomic E-state index is 9.85. The van der Waals surface area contributed by atoms with Crippen molar-refractivity contribution in [3.63, 3.8) is 0 Å². The summed E-state index contributed by atoms with van der Waals surface area (Å²) in [5.74, 6) is -1.28. The summed E-state index contributed by atoms with van der Waals surface area (Å²) in [5, 5.41) is 0. The standard InChI is InChI=1S/C4H6O4.C2H6/c1-3(5)7-8-4(2)6;1-2/h1-2H3;1-2H3. The summed E-state index contributed by atoms with van der Waals surface area (Å²) in [4.78, 5) is 27.3. The first-order chi connectivity index (χ1) is 4.63. The Kier molecular flexibility index (Phi) is 9.29. The second kappa shape index (κ2) is 7.94. The Morgan fingerprint density at radius 2 is 1.10 bits per heavy atom. The molecule has 0 radical (unpaired) electrons. The lowest BCUT2D eigenvalue weighted by Crippen LogP contribution is -2.03. The van der Waals surface area contributed by atoms with Crippen molar-refractivity contribution in [3.8, 4) is 0 Å². The van der Waals surface area contributed by atoms with Gasteiger partial charge >= 0.3 is 11.9 Å². The fourth-order valence-corrected chi connectivity index (χ4v) is 0.117. The quantitative estimate of drug-likeness (QED) is 0.380. The van der Waals surface area contributed by atoms with Gasteiger partial charge in [-0.3, -0.25) is 0 Å². The summed E-state index contributed by atoms with van der Waals surface area (Å²) in [6.07, 6.45) is 0. The maximum Gasteiger partial charge on any atom is 0.352 e. The third-order valence-corrected chi connectivity index (χ3v) is 0.276. The fourth-order valence-electron chi connectivity index (χ4n) is 0.117. The van der Waals surface area contributed by atoms with E-state index in [0.29, 0.717) is 0 Å². The van der Waals surface area contributed by atoms with Crippen molar-refractivity contribution in [2.75, 3.05) is 0 Å². The minimum absolute atomic E-state index is 0.639. The van der Waals surface area contributed by atoms with Crippen molar-refractivity contribution in [3.05, 3.63) is 0 Å². The van der Waals surface area contributed by atoms with Crippen molar-refractivity contribution in [1.29, 1.82) is 0 Å². The highest BCUT2D eigenvalue weighted by Crippen LogP contribution is 1.78. The Morgan fingerprint density at radius 1 is 0.900 bits per heavy atom. The Bertz CT molecular complexity index is 94.3. The zero-order valence-electron chi connectivity index (χ0n) is 6.63. The lowest BCUT2D eigenvalue weighted by molar-refractivity contribution is -0.255. The molecule has 0 saturated heterocycles. The molecule has 0 rings (SSSR count). The fraction of sp³-hybridized carbons (Fsp3) is 0.667. The highest BCUT2D eigenvalue weighted by molar-refractivity contribution is 5.69. The summed E-state index contributed by atoms with van der Waals surface area (Å²) < 4.78 is 0. The van der Waals surface area contributed by atoms with Crippen LogP contribution in [0.15, 0.2) is 0 Å². The van der Waals surface area contributed by atoms with Crippen LogP contribution in [0, 0.1) is 0 Å². The van der Waals surface area contributed by atoms with E-state index >= 15 is 0 Å². The molecule has 0 amide bonds. The molecule has 0 aromatic heterocycles. The van der Waals surface area contributed by atoms with Gasteiger partial charge in [0.25, 0.3) is 0 Å². The SMILES string of the molecule is CC.CC(=O)OOC(C)=O. The Hall–Kier alpha value is -1.06. The minimum Gasteiger partial charge on any atom is -0.248 e. The predicted molar refractivity (Wildman–Crippen MR) is 34.9 cm³/mol. The molecule has 0 N–H and O–H groups in total. The lowest BCUT2D eigenvalue weighted by Gasteiger charge is -1.93. The van der Waals surface area contributed by atoms with E-state index in [1.54, 1.807) is 0 Å². The van der Waals surface area contributed by atoms with Crippen LogP contribution in [0.25, 0.3) is 0 Å². The molecule has 0 unspecified atom stereocenters. The van der Waals surface area contributed by atoms with Gasteiger partial charge in [-0.05, 0) is 0 Å². The normalized spacial score (nSPS) is 6.80. The van der Waals surface area contributed by atoms with Crippen molar-refractivity contribution in [1.82, 2.24) is 0 Å². The van der Waals surface area contributed by atoms with Gasteiger partial charge in [-0.1, -0.05) is 13.8 Å². The van der Waals surface area contributed by atoms with E-state index in [1.165, 1.54) is 0 Å². The Balaban J connectivity index is 0. The summed E-state index contributed by atoms with van der Waals surface area (Å²) in [5.41, 5.74) is 0. The molecular weight excluding hydrogens is 136 g/mol. The van der Waals surface area contributed by atoms with Gasteiger partial charge in [0.05, 0.1) is 0 Å². The first kappa shape index (κ1) is 11.7. The molecule has 0 fully saturated rings. The van der Waals surface area contributed by atoms with Crippen molar-refractivity contribution in [2.45, 2.75) is 27.7 Å². The summed E-state index contributed by atoms with van der Waals surface area (Å²) in [6.45, 7) is 6.28. The van der Waals surface area contributed by atoms with Gasteiger partial charge in [0, 0.05) is 13.8 Å². The molecule has 4 heteroatoms. The zero-order chi connectivity index (χ0) is 8.57. The van der Waals surface area contributed by atoms with Crippen LogP contribution in [0.2, 0.25) is 0 Å². The highest BCUT2D eigenvalue weighted by atomic mass is 17.2. The second-order valence-corrected chi connectivity index (χ2v) is 1.15. The smallest absolute Gasteiger partial charge is 0.248 e. The number of rotatable bonds is 0. The van der Waals surface area contributed by atoms with Gasteiger partial charge in [0.2, 0.25) is 0 Å². The van der Waals surface area contributed by atoms with Crippen LogP contribution < -0.4 is 0 Å². The molecule has 4 nitrogen and oxygen atoms in total. The molecule has 0 bridgehead atoms. The largest absolute Gasteiger partial charge is 0.352 e. The zero-order valence-corrected chi connectivity index (χ0v) is 6.63. The monoisotopic (exact) mass is 148 g/mol. The summed E-state index contributed by atoms with van der Waals surface area (Å²) in [6, 6.07) is 0. The first-order valence-corrected chi connectivity index (χ1v) is 2.98. The molecule has 0 aromatic rings. The molecule has 0 aliphatic carbocycles. The van der Waals surface area contributed by atoms with Crippen LogP contribution in [-0.2, 0) is 19.4 Å². The highest BCUT2D eigenvalue weighted by Gasteiger charge is 1.95. The van der Waals surface area contributed by atoms with Gasteiger partial charge in [-0.2, -0.15) is 0 Å². The minimum atomic E-state index is -0.639. The average Bonchev–Trinajstić information content (AvgIpc) is 1.89. The summed E-state index contributed by atoms with van der Waals surface area (Å²) >= 11 is 0. The lowest BCUT2D eigenvalue weighted by atomic mass is 10.8. The number of hydrogen-bond donors (Lipinski definition) is 0. The van der Waals surface area contributed by atoms with Crippen LogP contribution in [0.1, 0.15) is 27.7 Å². The van der Waals surface area contributed by atoms with Crippen molar-refractivity contribution in [2.24, 2.45) is 0 Å². The van der Waals surface area contributed by atoms with Gasteiger partial charge in [0.1, 0.15) is 0 Å². The third-order valence-electron chi connectivity index (χ3n) is 0.276. The van der Waals surface area contributed by atoms with E-state index in [2.05, 4.69) is 9.78 Å². The molecule has 0 aromatic carbocycles. The third kappa shape index (κ3) is 15.8. The van der Waals surface area contributed by atoms with Crippen LogP contribution in [-0.4, -0.2) is 11.9 Å². The van der Waals surface area contributed by atoms with E-state index in [1.807, 2.05) is 13.8 Å².